The van der Waals surface area contributed by atoms with E-state index in [0.717, 1.165) is 5.56 Å². The van der Waals surface area contributed by atoms with E-state index >= 15 is 0 Å². The zero-order valence-corrected chi connectivity index (χ0v) is 20.5. The highest BCUT2D eigenvalue weighted by Crippen LogP contribution is 2.17. The number of thioether (sulfide) groups is 1. The number of benzene rings is 2. The lowest BCUT2D eigenvalue weighted by Crippen LogP contribution is -2.51. The van der Waals surface area contributed by atoms with Crippen LogP contribution in [0.1, 0.15) is 36.7 Å². The van der Waals surface area contributed by atoms with Crippen molar-refractivity contribution in [3.05, 3.63) is 65.5 Å². The summed E-state index contributed by atoms with van der Waals surface area (Å²) in [6, 6.07) is 13.0. The summed E-state index contributed by atoms with van der Waals surface area (Å²) < 4.78 is 18.3. The molecule has 0 unspecified atom stereocenters. The van der Waals surface area contributed by atoms with Gasteiger partial charge in [-0.25, -0.2) is 9.18 Å². The molecule has 1 heterocycles. The second-order valence-corrected chi connectivity index (χ2v) is 9.99. The highest BCUT2D eigenvalue weighted by Gasteiger charge is 2.28. The van der Waals surface area contributed by atoms with E-state index in [1.807, 2.05) is 32.9 Å². The molecule has 2 aromatic rings. The summed E-state index contributed by atoms with van der Waals surface area (Å²) in [4.78, 5) is 40.4. The number of rotatable bonds is 6. The molecule has 1 saturated heterocycles. The fraction of sp³-hybridized carbons (Fsp3) is 0.400. The van der Waals surface area contributed by atoms with Gasteiger partial charge < -0.3 is 19.9 Å². The molecule has 0 spiro atoms. The van der Waals surface area contributed by atoms with Crippen LogP contribution in [0, 0.1) is 5.82 Å². The van der Waals surface area contributed by atoms with E-state index in [0.29, 0.717) is 43.2 Å². The first-order chi connectivity index (χ1) is 16.1. The number of hydrogen-bond donors (Lipinski definition) is 1. The van der Waals surface area contributed by atoms with Crippen LogP contribution < -0.4 is 5.32 Å². The second-order valence-electron chi connectivity index (χ2n) is 9.00. The SMILES string of the molecule is CC(C)(C)OC(=O)N1CCN(C(=O)c2ccc(CSCC(=O)Nc3ccc(F)cc3)cc2)CC1. The minimum Gasteiger partial charge on any atom is -0.444 e. The summed E-state index contributed by atoms with van der Waals surface area (Å²) in [7, 11) is 0. The molecular formula is C25H30FN3O4S. The molecule has 9 heteroatoms. The van der Waals surface area contributed by atoms with Gasteiger partial charge in [0.1, 0.15) is 11.4 Å². The monoisotopic (exact) mass is 487 g/mol. The lowest BCUT2D eigenvalue weighted by Gasteiger charge is -2.35. The van der Waals surface area contributed by atoms with Gasteiger partial charge in [0.25, 0.3) is 5.91 Å². The third-order valence-electron chi connectivity index (χ3n) is 5.05. The van der Waals surface area contributed by atoms with Crippen LogP contribution in [-0.2, 0) is 15.3 Å². The number of amides is 3. The standard InChI is InChI=1S/C25H30FN3O4S/c1-25(2,3)33-24(32)29-14-12-28(13-15-29)23(31)19-6-4-18(5-7-19)16-34-17-22(30)27-21-10-8-20(26)9-11-21/h4-11H,12-17H2,1-3H3,(H,27,30). The molecule has 2 aromatic carbocycles. The Kier molecular flexibility index (Phi) is 8.55. The lowest BCUT2D eigenvalue weighted by molar-refractivity contribution is -0.113. The van der Waals surface area contributed by atoms with Crippen molar-refractivity contribution in [1.82, 2.24) is 9.80 Å². The van der Waals surface area contributed by atoms with Crippen molar-refractivity contribution in [2.45, 2.75) is 32.1 Å². The molecule has 3 rings (SSSR count). The van der Waals surface area contributed by atoms with Crippen molar-refractivity contribution >= 4 is 35.4 Å². The zero-order valence-electron chi connectivity index (χ0n) is 19.7. The van der Waals surface area contributed by atoms with Gasteiger partial charge in [0, 0.05) is 43.2 Å². The van der Waals surface area contributed by atoms with E-state index in [1.165, 1.54) is 36.0 Å². The predicted molar refractivity (Wildman–Crippen MR) is 131 cm³/mol. The highest BCUT2D eigenvalue weighted by atomic mass is 32.2. The number of carbonyl (C=O) groups excluding carboxylic acids is 3. The van der Waals surface area contributed by atoms with Crippen LogP contribution in [0.4, 0.5) is 14.9 Å². The van der Waals surface area contributed by atoms with Crippen molar-refractivity contribution in [2.24, 2.45) is 0 Å². The smallest absolute Gasteiger partial charge is 0.410 e. The van der Waals surface area contributed by atoms with Crippen LogP contribution in [0.2, 0.25) is 0 Å². The molecule has 0 radical (unpaired) electrons. The molecule has 1 aliphatic rings. The van der Waals surface area contributed by atoms with E-state index in [9.17, 15) is 18.8 Å². The van der Waals surface area contributed by atoms with E-state index in [-0.39, 0.29) is 29.5 Å². The van der Waals surface area contributed by atoms with Gasteiger partial charge in [-0.2, -0.15) is 0 Å². The number of halogens is 1. The summed E-state index contributed by atoms with van der Waals surface area (Å²) in [5.41, 5.74) is 1.61. The largest absolute Gasteiger partial charge is 0.444 e. The Bertz CT molecular complexity index is 998. The predicted octanol–water partition coefficient (Wildman–Crippen LogP) is 4.39. The maximum absolute atomic E-state index is 12.9. The number of nitrogens with zero attached hydrogens (tertiary/aromatic N) is 2. The Morgan fingerprint density at radius 1 is 0.941 bits per heavy atom. The second kappa shape index (κ2) is 11.4. The molecule has 0 aliphatic carbocycles. The topological polar surface area (TPSA) is 79.0 Å². The lowest BCUT2D eigenvalue weighted by atomic mass is 10.1. The number of nitrogens with one attached hydrogen (secondary N) is 1. The molecule has 1 fully saturated rings. The molecule has 0 bridgehead atoms. The van der Waals surface area contributed by atoms with Gasteiger partial charge in [0.2, 0.25) is 5.91 Å². The van der Waals surface area contributed by atoms with Gasteiger partial charge in [0.05, 0.1) is 5.75 Å². The number of piperazine rings is 1. The Morgan fingerprint density at radius 3 is 2.12 bits per heavy atom. The molecule has 3 amide bonds. The average Bonchev–Trinajstić information content (AvgIpc) is 2.79. The Hall–Kier alpha value is -3.07. The van der Waals surface area contributed by atoms with Crippen LogP contribution in [0.5, 0.6) is 0 Å². The molecule has 182 valence electrons. The molecule has 1 N–H and O–H groups in total. The van der Waals surface area contributed by atoms with E-state index in [4.69, 9.17) is 4.74 Å². The van der Waals surface area contributed by atoms with Crippen molar-refractivity contribution in [2.75, 3.05) is 37.2 Å². The zero-order chi connectivity index (χ0) is 24.7. The van der Waals surface area contributed by atoms with Gasteiger partial charge in [-0.15, -0.1) is 11.8 Å². The maximum atomic E-state index is 12.9. The van der Waals surface area contributed by atoms with Crippen molar-refractivity contribution in [1.29, 1.82) is 0 Å². The van der Waals surface area contributed by atoms with E-state index < -0.39 is 5.60 Å². The maximum Gasteiger partial charge on any atom is 0.410 e. The van der Waals surface area contributed by atoms with Crippen LogP contribution in [0.15, 0.2) is 48.5 Å². The van der Waals surface area contributed by atoms with E-state index in [1.54, 1.807) is 21.9 Å². The fourth-order valence-electron chi connectivity index (χ4n) is 3.34. The molecule has 0 aromatic heterocycles. The average molecular weight is 488 g/mol. The Balaban J connectivity index is 1.41. The third-order valence-corrected chi connectivity index (χ3v) is 6.05. The summed E-state index contributed by atoms with van der Waals surface area (Å²) in [6.07, 6.45) is -0.354. The number of hydrogen-bond acceptors (Lipinski definition) is 5. The third kappa shape index (κ3) is 7.76. The molecular weight excluding hydrogens is 457 g/mol. The van der Waals surface area contributed by atoms with Crippen molar-refractivity contribution < 1.29 is 23.5 Å². The first-order valence-electron chi connectivity index (χ1n) is 11.1. The fourth-order valence-corrected chi connectivity index (χ4v) is 4.12. The van der Waals surface area contributed by atoms with Gasteiger partial charge in [-0.05, 0) is 62.7 Å². The van der Waals surface area contributed by atoms with Crippen molar-refractivity contribution in [3.8, 4) is 0 Å². The van der Waals surface area contributed by atoms with Crippen LogP contribution in [0.3, 0.4) is 0 Å². The molecule has 7 nitrogen and oxygen atoms in total. The van der Waals surface area contributed by atoms with Gasteiger partial charge in [-0.1, -0.05) is 12.1 Å². The van der Waals surface area contributed by atoms with E-state index in [2.05, 4.69) is 5.32 Å². The minimum atomic E-state index is -0.545. The summed E-state index contributed by atoms with van der Waals surface area (Å²) >= 11 is 1.46. The number of ether oxygens (including phenoxy) is 1. The molecule has 34 heavy (non-hydrogen) atoms. The quantitative estimate of drug-likeness (QED) is 0.654. The summed E-state index contributed by atoms with van der Waals surface area (Å²) in [5.74, 6) is 0.313. The van der Waals surface area contributed by atoms with Crippen LogP contribution >= 0.6 is 11.8 Å². The molecule has 0 atom stereocenters. The first-order valence-corrected chi connectivity index (χ1v) is 12.3. The van der Waals surface area contributed by atoms with Gasteiger partial charge in [0.15, 0.2) is 0 Å². The number of anilines is 1. The highest BCUT2D eigenvalue weighted by molar-refractivity contribution is 7.99. The molecule has 0 saturated carbocycles. The number of carbonyl (C=O) groups is 3. The van der Waals surface area contributed by atoms with Gasteiger partial charge >= 0.3 is 6.09 Å². The van der Waals surface area contributed by atoms with Crippen LogP contribution in [-0.4, -0.2) is 65.2 Å². The summed E-state index contributed by atoms with van der Waals surface area (Å²) in [5, 5.41) is 2.73. The molecule has 1 aliphatic heterocycles. The Labute approximate surface area is 203 Å². The summed E-state index contributed by atoms with van der Waals surface area (Å²) in [6.45, 7) is 7.28. The van der Waals surface area contributed by atoms with Crippen molar-refractivity contribution in [3.63, 3.8) is 0 Å². The minimum absolute atomic E-state index is 0.0679. The first kappa shape index (κ1) is 25.6. The Morgan fingerprint density at radius 2 is 1.53 bits per heavy atom. The van der Waals surface area contributed by atoms with Gasteiger partial charge in [-0.3, -0.25) is 9.59 Å². The van der Waals surface area contributed by atoms with Crippen LogP contribution in [0.25, 0.3) is 0 Å². The normalized spacial score (nSPS) is 14.0.